The highest BCUT2D eigenvalue weighted by molar-refractivity contribution is 7.10. The summed E-state index contributed by atoms with van der Waals surface area (Å²) in [7, 11) is 0. The average Bonchev–Trinajstić information content (AvgIpc) is 2.94. The average molecular weight is 340 g/mol. The van der Waals surface area contributed by atoms with Gasteiger partial charge >= 0.3 is 6.18 Å². The first kappa shape index (κ1) is 16.5. The van der Waals surface area contributed by atoms with Crippen molar-refractivity contribution in [3.8, 4) is 0 Å². The second-order valence-electron chi connectivity index (χ2n) is 5.84. The van der Waals surface area contributed by atoms with Crippen molar-refractivity contribution in [1.29, 1.82) is 0 Å². The van der Waals surface area contributed by atoms with Gasteiger partial charge < -0.3 is 5.32 Å². The lowest BCUT2D eigenvalue weighted by Gasteiger charge is -2.35. The largest absolute Gasteiger partial charge is 0.416 e. The van der Waals surface area contributed by atoms with E-state index in [2.05, 4.69) is 21.7 Å². The molecule has 1 unspecified atom stereocenters. The van der Waals surface area contributed by atoms with E-state index in [-0.39, 0.29) is 6.04 Å². The molecule has 0 amide bonds. The van der Waals surface area contributed by atoms with Gasteiger partial charge in [0.25, 0.3) is 0 Å². The van der Waals surface area contributed by atoms with E-state index in [9.17, 15) is 13.2 Å². The molecule has 0 spiro atoms. The van der Waals surface area contributed by atoms with Crippen molar-refractivity contribution in [2.45, 2.75) is 19.1 Å². The highest BCUT2D eigenvalue weighted by atomic mass is 32.1. The molecule has 1 aromatic carbocycles. The molecule has 6 heteroatoms. The lowest BCUT2D eigenvalue weighted by atomic mass is 10.00. The van der Waals surface area contributed by atoms with Crippen LogP contribution in [0.25, 0.3) is 0 Å². The molecule has 1 N–H and O–H groups in total. The number of hydrogen-bond donors (Lipinski definition) is 1. The third-order valence-corrected chi connectivity index (χ3v) is 5.17. The topological polar surface area (TPSA) is 15.3 Å². The fourth-order valence-electron chi connectivity index (χ4n) is 2.98. The smallest absolute Gasteiger partial charge is 0.314 e. The van der Waals surface area contributed by atoms with Crippen LogP contribution in [-0.2, 0) is 6.18 Å². The van der Waals surface area contributed by atoms with Crippen molar-refractivity contribution in [1.82, 2.24) is 10.2 Å². The van der Waals surface area contributed by atoms with Crippen LogP contribution in [0.5, 0.6) is 0 Å². The molecule has 0 bridgehead atoms. The molecule has 1 aliphatic heterocycles. The summed E-state index contributed by atoms with van der Waals surface area (Å²) >= 11 is 1.62. The van der Waals surface area contributed by atoms with Crippen LogP contribution in [0.3, 0.4) is 0 Å². The Kier molecular flexibility index (Phi) is 4.75. The first-order valence-electron chi connectivity index (χ1n) is 7.62. The first-order valence-corrected chi connectivity index (χ1v) is 8.50. The Balaban J connectivity index is 2.01. The summed E-state index contributed by atoms with van der Waals surface area (Å²) in [6.07, 6.45) is -4.31. The number of benzene rings is 1. The van der Waals surface area contributed by atoms with E-state index in [1.807, 2.05) is 6.92 Å². The minimum absolute atomic E-state index is 0.113. The van der Waals surface area contributed by atoms with E-state index in [1.54, 1.807) is 17.4 Å². The van der Waals surface area contributed by atoms with Crippen LogP contribution in [0.2, 0.25) is 0 Å². The number of alkyl halides is 3. The number of rotatable bonds is 3. The van der Waals surface area contributed by atoms with Gasteiger partial charge in [0.05, 0.1) is 11.6 Å². The molecule has 2 heterocycles. The fourth-order valence-corrected chi connectivity index (χ4v) is 4.04. The predicted octanol–water partition coefficient (Wildman–Crippen LogP) is 4.07. The summed E-state index contributed by atoms with van der Waals surface area (Å²) in [5, 5.41) is 5.35. The van der Waals surface area contributed by atoms with Crippen LogP contribution in [0.1, 0.15) is 27.6 Å². The maximum atomic E-state index is 13.1. The van der Waals surface area contributed by atoms with Crippen LogP contribution >= 0.6 is 11.3 Å². The van der Waals surface area contributed by atoms with Gasteiger partial charge in [-0.2, -0.15) is 13.2 Å². The van der Waals surface area contributed by atoms with Crippen molar-refractivity contribution in [3.05, 3.63) is 57.3 Å². The van der Waals surface area contributed by atoms with E-state index in [0.29, 0.717) is 5.56 Å². The van der Waals surface area contributed by atoms with Crippen molar-refractivity contribution in [2.75, 3.05) is 26.2 Å². The molecule has 0 radical (unpaired) electrons. The van der Waals surface area contributed by atoms with E-state index in [1.165, 1.54) is 12.1 Å². The zero-order chi connectivity index (χ0) is 16.4. The van der Waals surface area contributed by atoms with Gasteiger partial charge in [-0.15, -0.1) is 11.3 Å². The highest BCUT2D eigenvalue weighted by Gasteiger charge is 2.32. The van der Waals surface area contributed by atoms with Crippen molar-refractivity contribution in [3.63, 3.8) is 0 Å². The summed E-state index contributed by atoms with van der Waals surface area (Å²) in [6.45, 7) is 5.40. The van der Waals surface area contributed by atoms with Gasteiger partial charge in [-0.05, 0) is 41.6 Å². The Hall–Kier alpha value is -1.37. The Morgan fingerprint density at radius 1 is 1.17 bits per heavy atom. The van der Waals surface area contributed by atoms with Gasteiger partial charge in [-0.25, -0.2) is 0 Å². The predicted molar refractivity (Wildman–Crippen MR) is 86.8 cm³/mol. The molecule has 2 aromatic rings. The SMILES string of the molecule is Cc1csc(C(c2cccc(C(F)(F)F)c2)N2CCNCC2)c1. The van der Waals surface area contributed by atoms with E-state index < -0.39 is 11.7 Å². The van der Waals surface area contributed by atoms with Crippen molar-refractivity contribution < 1.29 is 13.2 Å². The summed E-state index contributed by atoms with van der Waals surface area (Å²) in [5.41, 5.74) is 1.28. The molecule has 2 nitrogen and oxygen atoms in total. The second kappa shape index (κ2) is 6.63. The maximum Gasteiger partial charge on any atom is 0.416 e. The molecule has 1 aromatic heterocycles. The minimum atomic E-state index is -4.31. The van der Waals surface area contributed by atoms with Crippen LogP contribution in [0, 0.1) is 6.92 Å². The molecule has 3 rings (SSSR count). The van der Waals surface area contributed by atoms with E-state index in [0.717, 1.165) is 42.7 Å². The molecule has 1 fully saturated rings. The van der Waals surface area contributed by atoms with Gasteiger partial charge in [0.1, 0.15) is 0 Å². The van der Waals surface area contributed by atoms with Gasteiger partial charge in [0.2, 0.25) is 0 Å². The van der Waals surface area contributed by atoms with Crippen LogP contribution in [0.15, 0.2) is 35.7 Å². The third kappa shape index (κ3) is 3.76. The lowest BCUT2D eigenvalue weighted by Crippen LogP contribution is -2.45. The fraction of sp³-hybridized carbons (Fsp3) is 0.412. The van der Waals surface area contributed by atoms with E-state index >= 15 is 0 Å². The summed E-state index contributed by atoms with van der Waals surface area (Å²) in [6, 6.07) is 7.71. The molecule has 23 heavy (non-hydrogen) atoms. The minimum Gasteiger partial charge on any atom is -0.314 e. The Morgan fingerprint density at radius 2 is 1.91 bits per heavy atom. The molecular weight excluding hydrogens is 321 g/mol. The quantitative estimate of drug-likeness (QED) is 0.906. The zero-order valence-electron chi connectivity index (χ0n) is 12.9. The second-order valence-corrected chi connectivity index (χ2v) is 6.78. The van der Waals surface area contributed by atoms with E-state index in [4.69, 9.17) is 0 Å². The molecule has 124 valence electrons. The van der Waals surface area contributed by atoms with Crippen LogP contribution in [-0.4, -0.2) is 31.1 Å². The van der Waals surface area contributed by atoms with Crippen LogP contribution < -0.4 is 5.32 Å². The summed E-state index contributed by atoms with van der Waals surface area (Å²) in [4.78, 5) is 3.36. The molecule has 0 saturated carbocycles. The summed E-state index contributed by atoms with van der Waals surface area (Å²) < 4.78 is 39.2. The molecular formula is C17H19F3N2S. The van der Waals surface area contributed by atoms with Gasteiger partial charge in [-0.3, -0.25) is 4.90 Å². The van der Waals surface area contributed by atoms with Gasteiger partial charge in [0, 0.05) is 31.1 Å². The highest BCUT2D eigenvalue weighted by Crippen LogP contribution is 2.36. The zero-order valence-corrected chi connectivity index (χ0v) is 13.7. The molecule has 1 atom stereocenters. The van der Waals surface area contributed by atoms with Crippen LogP contribution in [0.4, 0.5) is 13.2 Å². The number of piperazine rings is 1. The normalized spacial score (nSPS) is 18.1. The Morgan fingerprint density at radius 3 is 2.52 bits per heavy atom. The monoisotopic (exact) mass is 340 g/mol. The van der Waals surface area contributed by atoms with Crippen molar-refractivity contribution in [2.24, 2.45) is 0 Å². The molecule has 1 saturated heterocycles. The maximum absolute atomic E-state index is 13.1. The lowest BCUT2D eigenvalue weighted by molar-refractivity contribution is -0.137. The number of aryl methyl sites for hydroxylation is 1. The standard InChI is InChI=1S/C17H19F3N2S/c1-12-9-15(23-11-12)16(22-7-5-21-6-8-22)13-3-2-4-14(10-13)17(18,19)20/h2-4,9-11,16,21H,5-8H2,1H3. The Bertz CT molecular complexity index is 660. The number of nitrogens with zero attached hydrogens (tertiary/aromatic N) is 1. The summed E-state index contributed by atoms with van der Waals surface area (Å²) in [5.74, 6) is 0. The van der Waals surface area contributed by atoms with Gasteiger partial charge in [0.15, 0.2) is 0 Å². The number of hydrogen-bond acceptors (Lipinski definition) is 3. The number of thiophene rings is 1. The van der Waals surface area contributed by atoms with Crippen molar-refractivity contribution >= 4 is 11.3 Å². The Labute approximate surface area is 137 Å². The molecule has 1 aliphatic rings. The molecule has 0 aliphatic carbocycles. The number of nitrogens with one attached hydrogen (secondary N) is 1. The van der Waals surface area contributed by atoms with Gasteiger partial charge in [-0.1, -0.05) is 12.1 Å². The first-order chi connectivity index (χ1) is 10.9. The third-order valence-electron chi connectivity index (χ3n) is 4.07. The number of halogens is 3.